The number of fused-ring (bicyclic) bond motifs is 2. The first-order chi connectivity index (χ1) is 15.5. The Bertz CT molecular complexity index is 1200. The van der Waals surface area contributed by atoms with E-state index >= 15 is 0 Å². The molecule has 0 aliphatic heterocycles. The van der Waals surface area contributed by atoms with E-state index in [1.165, 1.54) is 24.0 Å². The number of pyridine rings is 1. The number of benzene rings is 1. The van der Waals surface area contributed by atoms with Gasteiger partial charge in [0.15, 0.2) is 6.61 Å². The third-order valence-corrected chi connectivity index (χ3v) is 6.44. The maximum absolute atomic E-state index is 12.8. The number of carbonyl (C=O) groups excluding carboxylic acids is 2. The average molecular weight is 434 g/mol. The summed E-state index contributed by atoms with van der Waals surface area (Å²) in [5.41, 5.74) is 5.92. The molecule has 1 N–H and O–H groups in total. The number of nitrogens with one attached hydrogen (secondary N) is 1. The Morgan fingerprint density at radius 2 is 1.97 bits per heavy atom. The third kappa shape index (κ3) is 4.11. The van der Waals surface area contributed by atoms with Gasteiger partial charge in [0.2, 0.25) is 0 Å². The largest absolute Gasteiger partial charge is 0.452 e. The standard InChI is InChI=1S/C25H27N3O4/c1-14(18-10-7-16-5-3-4-6-19(16)11-18)26-22(29)13-31-25(30)20-12-21(17-8-9-17)27-24-23(20)15(2)28-32-24/h7,10-12,14,17H,3-6,8-9,13H2,1-2H3,(H,26,29)/t14-/m0/s1. The molecule has 166 valence electrons. The molecule has 2 aliphatic rings. The van der Waals surface area contributed by atoms with E-state index in [1.807, 2.05) is 6.92 Å². The van der Waals surface area contributed by atoms with E-state index in [4.69, 9.17) is 9.26 Å². The van der Waals surface area contributed by atoms with Crippen LogP contribution in [0.15, 0.2) is 28.8 Å². The molecule has 0 bridgehead atoms. The lowest BCUT2D eigenvalue weighted by molar-refractivity contribution is -0.124. The minimum Gasteiger partial charge on any atom is -0.452 e. The summed E-state index contributed by atoms with van der Waals surface area (Å²) in [6.45, 7) is 3.36. The monoisotopic (exact) mass is 433 g/mol. The van der Waals surface area contributed by atoms with Gasteiger partial charge in [-0.1, -0.05) is 23.4 Å². The Balaban J connectivity index is 1.24. The number of nitrogens with zero attached hydrogens (tertiary/aromatic N) is 2. The molecule has 1 atom stereocenters. The number of esters is 1. The second kappa shape index (κ2) is 8.37. The Morgan fingerprint density at radius 3 is 2.75 bits per heavy atom. The van der Waals surface area contributed by atoms with Gasteiger partial charge in [-0.3, -0.25) is 4.79 Å². The number of aromatic nitrogens is 2. The molecular weight excluding hydrogens is 406 g/mol. The van der Waals surface area contributed by atoms with Crippen molar-refractivity contribution in [3.05, 3.63) is 57.9 Å². The minimum absolute atomic E-state index is 0.164. The van der Waals surface area contributed by atoms with Crippen LogP contribution in [0.4, 0.5) is 0 Å². The van der Waals surface area contributed by atoms with Crippen molar-refractivity contribution in [2.45, 2.75) is 64.3 Å². The maximum atomic E-state index is 12.8. The van der Waals surface area contributed by atoms with Crippen molar-refractivity contribution in [1.82, 2.24) is 15.5 Å². The summed E-state index contributed by atoms with van der Waals surface area (Å²) in [5, 5.41) is 7.41. The molecule has 1 amide bonds. The summed E-state index contributed by atoms with van der Waals surface area (Å²) in [6.07, 6.45) is 6.76. The van der Waals surface area contributed by atoms with E-state index < -0.39 is 5.97 Å². The molecule has 2 aromatic heterocycles. The van der Waals surface area contributed by atoms with Crippen LogP contribution in [0, 0.1) is 6.92 Å². The van der Waals surface area contributed by atoms with E-state index in [0.717, 1.165) is 36.9 Å². The SMILES string of the molecule is Cc1noc2nc(C3CC3)cc(C(=O)OCC(=O)N[C@@H](C)c3ccc4c(c3)CCCC4)c12. The number of hydrogen-bond donors (Lipinski definition) is 1. The predicted molar refractivity (Wildman–Crippen MR) is 118 cm³/mol. The number of amides is 1. The lowest BCUT2D eigenvalue weighted by Crippen LogP contribution is -2.31. The van der Waals surface area contributed by atoms with Crippen molar-refractivity contribution in [1.29, 1.82) is 0 Å². The van der Waals surface area contributed by atoms with Gasteiger partial charge in [-0.05, 0) is 75.1 Å². The van der Waals surface area contributed by atoms with Gasteiger partial charge in [0.1, 0.15) is 0 Å². The van der Waals surface area contributed by atoms with Crippen LogP contribution in [-0.2, 0) is 22.4 Å². The molecule has 7 nitrogen and oxygen atoms in total. The summed E-state index contributed by atoms with van der Waals surface area (Å²) in [4.78, 5) is 29.8. The highest BCUT2D eigenvalue weighted by Gasteiger charge is 2.29. The topological polar surface area (TPSA) is 94.3 Å². The zero-order valence-electron chi connectivity index (χ0n) is 18.4. The number of rotatable bonds is 6. The molecule has 0 unspecified atom stereocenters. The van der Waals surface area contributed by atoms with Gasteiger partial charge in [-0.2, -0.15) is 0 Å². The molecule has 5 rings (SSSR count). The molecule has 2 aliphatic carbocycles. The normalized spacial score (nSPS) is 16.4. The Kier molecular flexibility index (Phi) is 5.41. The molecule has 32 heavy (non-hydrogen) atoms. The van der Waals surface area contributed by atoms with Gasteiger partial charge in [-0.25, -0.2) is 9.78 Å². The highest BCUT2D eigenvalue weighted by atomic mass is 16.5. The van der Waals surface area contributed by atoms with Crippen LogP contribution in [0.25, 0.3) is 11.1 Å². The highest BCUT2D eigenvalue weighted by molar-refractivity contribution is 6.03. The van der Waals surface area contributed by atoms with Crippen LogP contribution < -0.4 is 5.32 Å². The molecule has 0 radical (unpaired) electrons. The summed E-state index contributed by atoms with van der Waals surface area (Å²) < 4.78 is 10.6. The van der Waals surface area contributed by atoms with Crippen molar-refractivity contribution in [2.24, 2.45) is 0 Å². The van der Waals surface area contributed by atoms with Crippen molar-refractivity contribution < 1.29 is 18.8 Å². The van der Waals surface area contributed by atoms with Crippen LogP contribution in [-0.4, -0.2) is 28.6 Å². The summed E-state index contributed by atoms with van der Waals surface area (Å²) >= 11 is 0. The van der Waals surface area contributed by atoms with Crippen LogP contribution in [0.5, 0.6) is 0 Å². The van der Waals surface area contributed by atoms with Crippen LogP contribution in [0.3, 0.4) is 0 Å². The lowest BCUT2D eigenvalue weighted by Gasteiger charge is -2.20. The van der Waals surface area contributed by atoms with Crippen LogP contribution in [0.1, 0.15) is 83.0 Å². The quantitative estimate of drug-likeness (QED) is 0.582. The summed E-state index contributed by atoms with van der Waals surface area (Å²) in [6, 6.07) is 8.01. The molecule has 0 saturated heterocycles. The van der Waals surface area contributed by atoms with E-state index in [9.17, 15) is 9.59 Å². The molecular formula is C25H27N3O4. The second-order valence-corrected chi connectivity index (χ2v) is 8.92. The summed E-state index contributed by atoms with van der Waals surface area (Å²) in [5.74, 6) is -0.558. The van der Waals surface area contributed by atoms with Gasteiger partial charge in [-0.15, -0.1) is 0 Å². The molecule has 1 fully saturated rings. The van der Waals surface area contributed by atoms with Gasteiger partial charge >= 0.3 is 5.97 Å². The van der Waals surface area contributed by atoms with Gasteiger partial charge in [0, 0.05) is 11.6 Å². The van der Waals surface area contributed by atoms with E-state index in [0.29, 0.717) is 28.3 Å². The van der Waals surface area contributed by atoms with Crippen molar-refractivity contribution in [3.63, 3.8) is 0 Å². The third-order valence-electron chi connectivity index (χ3n) is 6.44. The fourth-order valence-corrected chi connectivity index (χ4v) is 4.46. The van der Waals surface area contributed by atoms with Crippen molar-refractivity contribution >= 4 is 23.0 Å². The van der Waals surface area contributed by atoms with Crippen LogP contribution >= 0.6 is 0 Å². The molecule has 2 heterocycles. The first-order valence-electron chi connectivity index (χ1n) is 11.3. The number of ether oxygens (including phenoxy) is 1. The predicted octanol–water partition coefficient (Wildman–Crippen LogP) is 4.32. The highest BCUT2D eigenvalue weighted by Crippen LogP contribution is 2.40. The number of carbonyl (C=O) groups is 2. The smallest absolute Gasteiger partial charge is 0.339 e. The zero-order valence-corrected chi connectivity index (χ0v) is 18.4. The Labute approximate surface area is 186 Å². The average Bonchev–Trinajstić information content (AvgIpc) is 3.59. The van der Waals surface area contributed by atoms with Crippen LogP contribution in [0.2, 0.25) is 0 Å². The fourth-order valence-electron chi connectivity index (χ4n) is 4.46. The zero-order chi connectivity index (χ0) is 22.2. The van der Waals surface area contributed by atoms with E-state index in [-0.39, 0.29) is 18.6 Å². The fraction of sp³-hybridized carbons (Fsp3) is 0.440. The van der Waals surface area contributed by atoms with Crippen molar-refractivity contribution in [2.75, 3.05) is 6.61 Å². The first-order valence-corrected chi connectivity index (χ1v) is 11.3. The molecule has 0 spiro atoms. The Morgan fingerprint density at radius 1 is 1.19 bits per heavy atom. The number of hydrogen-bond acceptors (Lipinski definition) is 6. The molecule has 1 aromatic carbocycles. The van der Waals surface area contributed by atoms with Crippen molar-refractivity contribution in [3.8, 4) is 0 Å². The lowest BCUT2D eigenvalue weighted by atomic mass is 9.89. The number of aryl methyl sites for hydroxylation is 3. The summed E-state index contributed by atoms with van der Waals surface area (Å²) in [7, 11) is 0. The molecule has 3 aromatic rings. The first kappa shape index (κ1) is 20.7. The van der Waals surface area contributed by atoms with Gasteiger partial charge in [0.25, 0.3) is 11.6 Å². The molecule has 7 heteroatoms. The second-order valence-electron chi connectivity index (χ2n) is 8.92. The van der Waals surface area contributed by atoms with E-state index in [2.05, 4.69) is 33.7 Å². The minimum atomic E-state index is -0.567. The van der Waals surface area contributed by atoms with E-state index in [1.54, 1.807) is 13.0 Å². The Hall–Kier alpha value is -3.22. The van der Waals surface area contributed by atoms with Gasteiger partial charge < -0.3 is 14.6 Å². The van der Waals surface area contributed by atoms with Gasteiger partial charge in [0.05, 0.1) is 22.7 Å². The maximum Gasteiger partial charge on any atom is 0.339 e. The molecule has 1 saturated carbocycles.